The van der Waals surface area contributed by atoms with E-state index in [2.05, 4.69) is 0 Å². The first-order chi connectivity index (χ1) is 14.4. The number of hydrogen-bond donors (Lipinski definition) is 1. The maximum absolute atomic E-state index is 14.5. The quantitative estimate of drug-likeness (QED) is 0.758. The average Bonchev–Trinajstić information content (AvgIpc) is 3.06. The van der Waals surface area contributed by atoms with Crippen LogP contribution < -0.4 is 5.73 Å². The smallest absolute Gasteiger partial charge is 0.181 e. The van der Waals surface area contributed by atoms with Gasteiger partial charge < -0.3 is 10.5 Å². The van der Waals surface area contributed by atoms with Crippen LogP contribution >= 0.6 is 0 Å². The number of aryl methyl sites for hydroxylation is 1. The van der Waals surface area contributed by atoms with Crippen molar-refractivity contribution in [2.24, 2.45) is 21.6 Å². The van der Waals surface area contributed by atoms with Crippen LogP contribution in [-0.4, -0.2) is 24.8 Å². The van der Waals surface area contributed by atoms with Crippen molar-refractivity contribution in [3.8, 4) is 11.1 Å². The van der Waals surface area contributed by atoms with Gasteiger partial charge in [-0.2, -0.15) is 0 Å². The van der Waals surface area contributed by atoms with E-state index >= 15 is 0 Å². The van der Waals surface area contributed by atoms with Gasteiger partial charge in [0.25, 0.3) is 0 Å². The first kappa shape index (κ1) is 20.7. The number of halogens is 2. The second kappa shape index (κ2) is 7.91. The third kappa shape index (κ3) is 3.43. The van der Waals surface area contributed by atoms with E-state index in [0.717, 1.165) is 42.9 Å². The molecule has 0 spiro atoms. The normalized spacial score (nSPS) is 26.4. The van der Waals surface area contributed by atoms with Gasteiger partial charge in [-0.1, -0.05) is 24.3 Å². The minimum Gasteiger partial charge on any atom is -0.382 e. The second-order valence-electron chi connectivity index (χ2n) is 8.26. The van der Waals surface area contributed by atoms with Gasteiger partial charge in [0.05, 0.1) is 11.8 Å². The van der Waals surface area contributed by atoms with Gasteiger partial charge >= 0.3 is 0 Å². The van der Waals surface area contributed by atoms with Gasteiger partial charge in [-0.3, -0.25) is 4.99 Å². The summed E-state index contributed by atoms with van der Waals surface area (Å²) in [6.07, 6.45) is 3.93. The Bertz CT molecular complexity index is 1010. The van der Waals surface area contributed by atoms with E-state index in [4.69, 9.17) is 20.5 Å². The molecule has 30 heavy (non-hydrogen) atoms. The van der Waals surface area contributed by atoms with Gasteiger partial charge in [-0.05, 0) is 62.8 Å². The Balaban J connectivity index is 1.84. The standard InChI is InChI=1S/C24H27F2N3O/c1-14-7-8-16(19-5-4-6-21(25)22(19)26)13-20(14)24(28-15(2)23(27)29-24)17-9-11-18(30-3)12-10-17/h4-8,13,17-18H,9-12H2,1-3H3,(H2,27,29). The number of aliphatic imine (C=N–C) groups is 2. The first-order valence-electron chi connectivity index (χ1n) is 10.4. The summed E-state index contributed by atoms with van der Waals surface area (Å²) >= 11 is 0. The summed E-state index contributed by atoms with van der Waals surface area (Å²) in [6, 6.07) is 9.86. The Morgan fingerprint density at radius 3 is 2.40 bits per heavy atom. The molecule has 6 heteroatoms. The van der Waals surface area contributed by atoms with Crippen LogP contribution in [0.5, 0.6) is 0 Å². The van der Waals surface area contributed by atoms with Crippen molar-refractivity contribution in [2.45, 2.75) is 51.3 Å². The van der Waals surface area contributed by atoms with E-state index in [1.54, 1.807) is 13.2 Å². The number of hydrogen-bond acceptors (Lipinski definition) is 4. The molecule has 0 amide bonds. The largest absolute Gasteiger partial charge is 0.382 e. The van der Waals surface area contributed by atoms with Gasteiger partial charge in [-0.25, -0.2) is 13.8 Å². The average molecular weight is 411 g/mol. The molecule has 158 valence electrons. The molecule has 2 aliphatic rings. The van der Waals surface area contributed by atoms with Crippen molar-refractivity contribution in [1.29, 1.82) is 0 Å². The van der Waals surface area contributed by atoms with Crippen LogP contribution in [0.1, 0.15) is 43.7 Å². The van der Waals surface area contributed by atoms with Crippen molar-refractivity contribution < 1.29 is 13.5 Å². The predicted molar refractivity (Wildman–Crippen MR) is 116 cm³/mol. The van der Waals surface area contributed by atoms with Crippen molar-refractivity contribution in [3.05, 3.63) is 59.2 Å². The van der Waals surface area contributed by atoms with Crippen LogP contribution in [0.4, 0.5) is 8.78 Å². The molecule has 1 aliphatic heterocycles. The lowest BCUT2D eigenvalue weighted by Gasteiger charge is -2.38. The van der Waals surface area contributed by atoms with Crippen LogP contribution in [0.3, 0.4) is 0 Å². The molecule has 1 heterocycles. The molecule has 1 atom stereocenters. The van der Waals surface area contributed by atoms with Crippen molar-refractivity contribution in [2.75, 3.05) is 7.11 Å². The van der Waals surface area contributed by atoms with Crippen LogP contribution in [-0.2, 0) is 10.4 Å². The fourth-order valence-corrected chi connectivity index (χ4v) is 4.74. The zero-order valence-corrected chi connectivity index (χ0v) is 17.6. The van der Waals surface area contributed by atoms with Crippen molar-refractivity contribution >= 4 is 11.5 Å². The molecule has 4 rings (SSSR count). The summed E-state index contributed by atoms with van der Waals surface area (Å²) in [6.45, 7) is 3.87. The summed E-state index contributed by atoms with van der Waals surface area (Å²) in [5.74, 6) is -1.12. The van der Waals surface area contributed by atoms with E-state index in [1.165, 1.54) is 6.07 Å². The molecule has 2 aromatic rings. The third-order valence-electron chi connectivity index (χ3n) is 6.47. The number of rotatable bonds is 4. The molecule has 0 saturated heterocycles. The van der Waals surface area contributed by atoms with E-state index in [-0.39, 0.29) is 17.6 Å². The van der Waals surface area contributed by atoms with Crippen LogP contribution in [0.2, 0.25) is 0 Å². The van der Waals surface area contributed by atoms with E-state index in [9.17, 15) is 8.78 Å². The molecule has 2 aromatic carbocycles. The number of ether oxygens (including phenoxy) is 1. The summed E-state index contributed by atoms with van der Waals surface area (Å²) in [5.41, 5.74) is 8.78. The van der Waals surface area contributed by atoms with Crippen molar-refractivity contribution in [1.82, 2.24) is 0 Å². The number of nitrogens with two attached hydrogens (primary N) is 1. The SMILES string of the molecule is COC1CCC(C2(c3cc(-c4cccc(F)c4F)ccc3C)N=C(C)C(N)=N2)CC1. The number of nitrogens with zero attached hydrogens (tertiary/aromatic N) is 2. The molecule has 1 aliphatic carbocycles. The highest BCUT2D eigenvalue weighted by Crippen LogP contribution is 2.47. The lowest BCUT2D eigenvalue weighted by Crippen LogP contribution is -2.36. The Labute approximate surface area is 175 Å². The molecule has 0 bridgehead atoms. The Kier molecular flexibility index (Phi) is 5.45. The first-order valence-corrected chi connectivity index (χ1v) is 10.4. The van der Waals surface area contributed by atoms with E-state index < -0.39 is 17.3 Å². The van der Waals surface area contributed by atoms with Gasteiger partial charge in [0.2, 0.25) is 0 Å². The van der Waals surface area contributed by atoms with Gasteiger partial charge in [0.15, 0.2) is 17.3 Å². The Hall–Kier alpha value is -2.60. The molecular formula is C24H27F2N3O. The maximum atomic E-state index is 14.5. The predicted octanol–water partition coefficient (Wildman–Crippen LogP) is 5.13. The van der Waals surface area contributed by atoms with Crippen molar-refractivity contribution in [3.63, 3.8) is 0 Å². The summed E-state index contributed by atoms with van der Waals surface area (Å²) in [5, 5.41) is 0. The van der Waals surface area contributed by atoms with E-state index in [1.807, 2.05) is 32.0 Å². The van der Waals surface area contributed by atoms with E-state index in [0.29, 0.717) is 17.1 Å². The lowest BCUT2D eigenvalue weighted by molar-refractivity contribution is 0.0426. The zero-order chi connectivity index (χ0) is 21.5. The summed E-state index contributed by atoms with van der Waals surface area (Å²) in [7, 11) is 1.75. The highest BCUT2D eigenvalue weighted by molar-refractivity contribution is 6.41. The lowest BCUT2D eigenvalue weighted by atomic mass is 9.74. The van der Waals surface area contributed by atoms with Gasteiger partial charge in [0.1, 0.15) is 5.84 Å². The van der Waals surface area contributed by atoms with Crippen LogP contribution in [0, 0.1) is 24.5 Å². The molecule has 1 unspecified atom stereocenters. The van der Waals surface area contributed by atoms with Crippen LogP contribution in [0.15, 0.2) is 46.4 Å². The zero-order valence-electron chi connectivity index (χ0n) is 17.6. The Morgan fingerprint density at radius 2 is 1.77 bits per heavy atom. The summed E-state index contributed by atoms with van der Waals surface area (Å²) < 4.78 is 33.9. The number of benzene rings is 2. The molecule has 0 aromatic heterocycles. The minimum absolute atomic E-state index is 0.159. The minimum atomic E-state index is -0.862. The molecular weight excluding hydrogens is 384 g/mol. The fraction of sp³-hybridized carbons (Fsp3) is 0.417. The second-order valence-corrected chi connectivity index (χ2v) is 8.26. The molecule has 4 nitrogen and oxygen atoms in total. The Morgan fingerprint density at radius 1 is 1.03 bits per heavy atom. The molecule has 0 radical (unpaired) electrons. The monoisotopic (exact) mass is 411 g/mol. The van der Waals surface area contributed by atoms with Gasteiger partial charge in [-0.15, -0.1) is 0 Å². The fourth-order valence-electron chi connectivity index (χ4n) is 4.74. The highest BCUT2D eigenvalue weighted by Gasteiger charge is 2.46. The number of methoxy groups -OCH3 is 1. The van der Waals surface area contributed by atoms with Gasteiger partial charge in [0, 0.05) is 24.2 Å². The molecule has 1 fully saturated rings. The maximum Gasteiger partial charge on any atom is 0.181 e. The summed E-state index contributed by atoms with van der Waals surface area (Å²) in [4.78, 5) is 9.82. The molecule has 2 N–H and O–H groups in total. The van der Waals surface area contributed by atoms with Crippen LogP contribution in [0.25, 0.3) is 11.1 Å². The third-order valence-corrected chi connectivity index (χ3v) is 6.47. The molecule has 1 saturated carbocycles. The number of amidine groups is 1. The topological polar surface area (TPSA) is 60.0 Å². The highest BCUT2D eigenvalue weighted by atomic mass is 19.2.